The molecule has 5 heterocycles. The topological polar surface area (TPSA) is 155 Å². The van der Waals surface area contributed by atoms with Gasteiger partial charge in [-0.1, -0.05) is 69.3 Å². The van der Waals surface area contributed by atoms with E-state index in [4.69, 9.17) is 4.99 Å². The Balaban J connectivity index is 0.979. The van der Waals surface area contributed by atoms with Crippen LogP contribution in [0.2, 0.25) is 0 Å². The lowest BCUT2D eigenvalue weighted by atomic mass is 9.85. The number of rotatable bonds is 13. The lowest BCUT2D eigenvalue weighted by Gasteiger charge is -2.35. The largest absolute Gasteiger partial charge is 0.349 e. The Hall–Kier alpha value is -5.54. The van der Waals surface area contributed by atoms with Crippen LogP contribution >= 0.6 is 22.7 Å². The molecule has 0 spiro atoms. The number of thiazole rings is 1. The zero-order chi connectivity index (χ0) is 45.3. The molecule has 4 amide bonds. The van der Waals surface area contributed by atoms with E-state index in [0.29, 0.717) is 38.1 Å². The van der Waals surface area contributed by atoms with Gasteiger partial charge in [0.15, 0.2) is 5.82 Å². The average Bonchev–Trinajstić information content (AvgIpc) is 4.04. The van der Waals surface area contributed by atoms with Crippen LogP contribution in [-0.2, 0) is 25.6 Å². The van der Waals surface area contributed by atoms with Gasteiger partial charge in [0.2, 0.25) is 23.6 Å². The minimum absolute atomic E-state index is 0.0413. The molecule has 1 saturated heterocycles. The summed E-state index contributed by atoms with van der Waals surface area (Å²) >= 11 is 3.28. The summed E-state index contributed by atoms with van der Waals surface area (Å²) in [4.78, 5) is 69.6. The van der Waals surface area contributed by atoms with Crippen LogP contribution in [0.4, 0.5) is 0 Å². The molecule has 13 nitrogen and oxygen atoms in total. The highest BCUT2D eigenvalue weighted by Gasteiger charge is 2.42. The number of fused-ring (bicyclic) bond motifs is 3. The number of likely N-dealkylation sites (tertiary alicyclic amines) is 1. The van der Waals surface area contributed by atoms with E-state index in [1.807, 2.05) is 59.2 Å². The molecule has 2 aromatic carbocycles. The summed E-state index contributed by atoms with van der Waals surface area (Å²) in [6.07, 6.45) is 2.94. The van der Waals surface area contributed by atoms with Crippen LogP contribution < -0.4 is 10.6 Å². The zero-order valence-corrected chi connectivity index (χ0v) is 39.7. The SMILES string of the molecule is Cc1ncsc1-c1ccc(C(C)NC(=O)C2CCCN2C(=O)C(NC(=O)CCCc2ccc(C3=NC(CC(=O)N(C)C)c4nnc(C)n4-c4sc(C)c(C)c43)cc2)C(C)(C)C)cc1. The number of nitrogens with zero attached hydrogens (tertiary/aromatic N) is 7. The van der Waals surface area contributed by atoms with Gasteiger partial charge in [-0.25, -0.2) is 4.98 Å². The molecule has 0 bridgehead atoms. The number of thiophene rings is 1. The van der Waals surface area contributed by atoms with E-state index in [9.17, 15) is 19.2 Å². The first-order valence-electron chi connectivity index (χ1n) is 21.7. The number of benzene rings is 2. The number of hydrogen-bond acceptors (Lipinski definition) is 10. The molecule has 0 radical (unpaired) electrons. The number of aliphatic imine (C=N–C) groups is 1. The van der Waals surface area contributed by atoms with E-state index in [1.54, 1.807) is 46.6 Å². The Morgan fingerprint density at radius 1 is 0.937 bits per heavy atom. The number of amides is 4. The first-order chi connectivity index (χ1) is 29.9. The number of carbonyl (C=O) groups is 4. The average molecular weight is 890 g/mol. The maximum atomic E-state index is 14.2. The van der Waals surface area contributed by atoms with Crippen molar-refractivity contribution in [1.29, 1.82) is 0 Å². The molecular weight excluding hydrogens is 831 g/mol. The second kappa shape index (κ2) is 18.7. The molecule has 2 aliphatic heterocycles. The fraction of sp³-hybridized carbons (Fsp3) is 0.458. The van der Waals surface area contributed by atoms with Gasteiger partial charge in [-0.2, -0.15) is 0 Å². The fourth-order valence-electron chi connectivity index (χ4n) is 8.40. The van der Waals surface area contributed by atoms with Gasteiger partial charge in [-0.15, -0.1) is 32.9 Å². The third-order valence-corrected chi connectivity index (χ3v) is 14.4. The number of carbonyl (C=O) groups excluding carboxylic acids is 4. The van der Waals surface area contributed by atoms with Crippen molar-refractivity contribution in [1.82, 2.24) is 40.2 Å². The number of aryl methyl sites for hydroxylation is 4. The molecular formula is C48H59N9O4S2. The fourth-order valence-corrected chi connectivity index (χ4v) is 10.4. The van der Waals surface area contributed by atoms with Crippen LogP contribution in [0.25, 0.3) is 15.4 Å². The molecule has 0 saturated carbocycles. The first-order valence-corrected chi connectivity index (χ1v) is 23.4. The van der Waals surface area contributed by atoms with Crippen molar-refractivity contribution < 1.29 is 19.2 Å². The summed E-state index contributed by atoms with van der Waals surface area (Å²) in [5.74, 6) is 0.743. The zero-order valence-electron chi connectivity index (χ0n) is 38.0. The van der Waals surface area contributed by atoms with Crippen LogP contribution in [0.1, 0.15) is 122 Å². The predicted molar refractivity (Wildman–Crippen MR) is 249 cm³/mol. The Kier molecular flexibility index (Phi) is 13.5. The van der Waals surface area contributed by atoms with Crippen molar-refractivity contribution >= 4 is 52.0 Å². The maximum Gasteiger partial charge on any atom is 0.246 e. The minimum Gasteiger partial charge on any atom is -0.349 e. The van der Waals surface area contributed by atoms with Gasteiger partial charge in [0.25, 0.3) is 0 Å². The Bertz CT molecular complexity index is 2530. The van der Waals surface area contributed by atoms with Crippen LogP contribution in [0.3, 0.4) is 0 Å². The molecule has 63 heavy (non-hydrogen) atoms. The van der Waals surface area contributed by atoms with Crippen molar-refractivity contribution in [2.75, 3.05) is 20.6 Å². The smallest absolute Gasteiger partial charge is 0.246 e. The quantitative estimate of drug-likeness (QED) is 0.122. The van der Waals surface area contributed by atoms with E-state index in [2.05, 4.69) is 80.6 Å². The molecule has 0 aliphatic carbocycles. The second-order valence-electron chi connectivity index (χ2n) is 18.1. The summed E-state index contributed by atoms with van der Waals surface area (Å²) in [5.41, 5.74) is 9.29. The number of aromatic nitrogens is 4. The van der Waals surface area contributed by atoms with Crippen molar-refractivity contribution in [2.24, 2.45) is 10.4 Å². The van der Waals surface area contributed by atoms with Gasteiger partial charge in [0.1, 0.15) is 29.0 Å². The standard InChI is InChI=1S/C48H59N9O4S2/c1-27-30(4)63-47-40(27)41(51-36(25-39(59)55(9)10)44-54-53-31(5)57(44)47)34-18-16-32(17-19-34)13-11-15-38(58)52-43(48(6,7)8)46(61)56-24-12-14-37(56)45(60)50-28(2)33-20-22-35(23-21-33)42-29(3)49-26-62-42/h16-23,26,28,36-37,43H,11-15,24-25H2,1-10H3,(H,50,60)(H,52,58). The van der Waals surface area contributed by atoms with Crippen molar-refractivity contribution in [3.63, 3.8) is 0 Å². The van der Waals surface area contributed by atoms with Crippen molar-refractivity contribution in [3.05, 3.63) is 104 Å². The van der Waals surface area contributed by atoms with Gasteiger partial charge >= 0.3 is 0 Å². The Morgan fingerprint density at radius 3 is 2.29 bits per heavy atom. The van der Waals surface area contributed by atoms with E-state index in [0.717, 1.165) is 60.5 Å². The summed E-state index contributed by atoms with van der Waals surface area (Å²) in [7, 11) is 3.49. The normalized spacial score (nSPS) is 17.0. The van der Waals surface area contributed by atoms with Gasteiger partial charge in [-0.05, 0) is 88.0 Å². The van der Waals surface area contributed by atoms with Crippen LogP contribution in [0.15, 0.2) is 59.0 Å². The molecule has 3 aromatic heterocycles. The van der Waals surface area contributed by atoms with E-state index < -0.39 is 23.5 Å². The summed E-state index contributed by atoms with van der Waals surface area (Å²) < 4.78 is 2.05. The monoisotopic (exact) mass is 889 g/mol. The third-order valence-electron chi connectivity index (χ3n) is 12.2. The van der Waals surface area contributed by atoms with Gasteiger partial charge in [0.05, 0.1) is 34.3 Å². The van der Waals surface area contributed by atoms with E-state index in [-0.39, 0.29) is 42.5 Å². The van der Waals surface area contributed by atoms with Crippen LogP contribution in [-0.4, -0.2) is 91.6 Å². The van der Waals surface area contributed by atoms with E-state index >= 15 is 0 Å². The molecule has 1 fully saturated rings. The first kappa shape index (κ1) is 45.5. The van der Waals surface area contributed by atoms with Crippen molar-refractivity contribution in [2.45, 2.75) is 118 Å². The number of nitrogens with one attached hydrogen (secondary N) is 2. The van der Waals surface area contributed by atoms with E-state index in [1.165, 1.54) is 4.88 Å². The van der Waals surface area contributed by atoms with Gasteiger partial charge < -0.3 is 20.4 Å². The van der Waals surface area contributed by atoms with Crippen molar-refractivity contribution in [3.8, 4) is 15.4 Å². The molecule has 4 atom stereocenters. The maximum absolute atomic E-state index is 14.2. The molecule has 7 rings (SSSR count). The molecule has 5 aromatic rings. The number of hydrogen-bond donors (Lipinski definition) is 2. The summed E-state index contributed by atoms with van der Waals surface area (Å²) in [6, 6.07) is 14.2. The molecule has 4 unspecified atom stereocenters. The predicted octanol–water partition coefficient (Wildman–Crippen LogP) is 7.78. The summed E-state index contributed by atoms with van der Waals surface area (Å²) in [5, 5.41) is 16.1. The lowest BCUT2D eigenvalue weighted by molar-refractivity contribution is -0.144. The third kappa shape index (κ3) is 9.69. The minimum atomic E-state index is -0.791. The highest BCUT2D eigenvalue weighted by molar-refractivity contribution is 7.15. The second-order valence-corrected chi connectivity index (χ2v) is 20.2. The molecule has 332 valence electrons. The lowest BCUT2D eigenvalue weighted by Crippen LogP contribution is -2.57. The Morgan fingerprint density at radius 2 is 1.63 bits per heavy atom. The van der Waals surface area contributed by atoms with Gasteiger partial charge in [0, 0.05) is 43.1 Å². The Labute approximate surface area is 378 Å². The highest BCUT2D eigenvalue weighted by atomic mass is 32.1. The molecule has 2 aliphatic rings. The molecule has 15 heteroatoms. The summed E-state index contributed by atoms with van der Waals surface area (Å²) in [6.45, 7) is 16.4. The molecule has 2 N–H and O–H groups in total. The van der Waals surface area contributed by atoms with Crippen LogP contribution in [0, 0.1) is 33.1 Å². The van der Waals surface area contributed by atoms with Crippen LogP contribution in [0.5, 0.6) is 0 Å². The highest BCUT2D eigenvalue weighted by Crippen LogP contribution is 2.40. The van der Waals surface area contributed by atoms with Gasteiger partial charge in [-0.3, -0.25) is 28.7 Å².